The summed E-state index contributed by atoms with van der Waals surface area (Å²) in [6.07, 6.45) is 3.42. The summed E-state index contributed by atoms with van der Waals surface area (Å²) in [6, 6.07) is 4.95. The van der Waals surface area contributed by atoms with Crippen LogP contribution in [0.15, 0.2) is 18.2 Å². The monoisotopic (exact) mass is 353 g/mol. The van der Waals surface area contributed by atoms with Crippen molar-refractivity contribution in [1.29, 1.82) is 0 Å². The molecule has 0 saturated carbocycles. The zero-order valence-electron chi connectivity index (χ0n) is 13.6. The van der Waals surface area contributed by atoms with Gasteiger partial charge in [0.15, 0.2) is 6.04 Å². The van der Waals surface area contributed by atoms with E-state index in [4.69, 9.17) is 21.1 Å². The second-order valence-corrected chi connectivity index (χ2v) is 6.71. The number of rotatable bonds is 4. The Morgan fingerprint density at radius 2 is 2.29 bits per heavy atom. The number of benzene rings is 1. The second-order valence-electron chi connectivity index (χ2n) is 6.30. The molecule has 2 aliphatic rings. The number of amides is 1. The summed E-state index contributed by atoms with van der Waals surface area (Å²) in [6.45, 7) is 1.40. The van der Waals surface area contributed by atoms with Crippen molar-refractivity contribution in [2.24, 2.45) is 0 Å². The lowest BCUT2D eigenvalue weighted by atomic mass is 9.97. The van der Waals surface area contributed by atoms with Crippen molar-refractivity contribution in [3.8, 4) is 5.75 Å². The number of morpholine rings is 1. The highest BCUT2D eigenvalue weighted by molar-refractivity contribution is 6.32. The summed E-state index contributed by atoms with van der Waals surface area (Å²) in [5.74, 6) is 0.0640. The molecule has 0 bridgehead atoms. The predicted octanol–water partition coefficient (Wildman–Crippen LogP) is 1.04. The molecular weight excluding hydrogens is 332 g/mol. The van der Waals surface area contributed by atoms with E-state index < -0.39 is 6.04 Å². The molecule has 2 N–H and O–H groups in total. The molecule has 0 aliphatic carbocycles. The van der Waals surface area contributed by atoms with Crippen molar-refractivity contribution in [2.75, 3.05) is 25.6 Å². The fraction of sp³-hybridized carbons (Fsp3) is 0.529. The van der Waals surface area contributed by atoms with Crippen molar-refractivity contribution in [3.05, 3.63) is 23.2 Å². The average Bonchev–Trinajstić information content (AvgIpc) is 2.58. The Labute approximate surface area is 146 Å². The first-order chi connectivity index (χ1) is 11.6. The van der Waals surface area contributed by atoms with Crippen molar-refractivity contribution in [3.63, 3.8) is 0 Å². The van der Waals surface area contributed by atoms with E-state index in [1.54, 1.807) is 18.2 Å². The van der Waals surface area contributed by atoms with Gasteiger partial charge in [0.2, 0.25) is 5.91 Å². The Hall–Kier alpha value is -1.79. The second kappa shape index (κ2) is 7.40. The van der Waals surface area contributed by atoms with Gasteiger partial charge in [0.25, 0.3) is 0 Å². The maximum atomic E-state index is 12.4. The van der Waals surface area contributed by atoms with E-state index in [1.807, 2.05) is 0 Å². The molecule has 1 aromatic rings. The van der Waals surface area contributed by atoms with E-state index in [0.29, 0.717) is 29.1 Å². The van der Waals surface area contributed by atoms with Gasteiger partial charge >= 0.3 is 5.97 Å². The molecule has 7 heteroatoms. The highest BCUT2D eigenvalue weighted by Crippen LogP contribution is 2.27. The molecule has 0 spiro atoms. The van der Waals surface area contributed by atoms with Gasteiger partial charge in [-0.05, 0) is 31.0 Å². The SMILES string of the molecule is COc1ccc(NC(=O)C[C@@H]2C(=O)OC[C@H]3CCCC[NH+]32)cc1Cl. The summed E-state index contributed by atoms with van der Waals surface area (Å²) >= 11 is 6.06. The number of quaternary nitrogens is 1. The molecular formula is C17H22ClN2O4+. The van der Waals surface area contributed by atoms with Gasteiger partial charge in [-0.15, -0.1) is 0 Å². The van der Waals surface area contributed by atoms with Crippen molar-refractivity contribution in [2.45, 2.75) is 37.8 Å². The number of carbonyl (C=O) groups is 2. The maximum Gasteiger partial charge on any atom is 0.365 e. The molecule has 0 aromatic heterocycles. The highest BCUT2D eigenvalue weighted by Gasteiger charge is 2.43. The molecule has 2 heterocycles. The minimum atomic E-state index is -0.419. The number of anilines is 1. The molecule has 3 rings (SSSR count). The third-order valence-corrected chi connectivity index (χ3v) is 5.07. The Balaban J connectivity index is 1.64. The average molecular weight is 354 g/mol. The third kappa shape index (κ3) is 3.65. The number of esters is 1. The van der Waals surface area contributed by atoms with Crippen LogP contribution in [0, 0.1) is 0 Å². The molecule has 2 fully saturated rings. The highest BCUT2D eigenvalue weighted by atomic mass is 35.5. The number of hydrogen-bond acceptors (Lipinski definition) is 4. The van der Waals surface area contributed by atoms with E-state index in [2.05, 4.69) is 5.32 Å². The van der Waals surface area contributed by atoms with Crippen LogP contribution in [-0.4, -0.2) is 44.2 Å². The molecule has 3 atom stereocenters. The molecule has 0 radical (unpaired) electrons. The normalized spacial score (nSPS) is 26.2. The van der Waals surface area contributed by atoms with Crippen LogP contribution >= 0.6 is 11.6 Å². The lowest BCUT2D eigenvalue weighted by Crippen LogP contribution is -3.22. The van der Waals surface area contributed by atoms with Crippen LogP contribution < -0.4 is 15.0 Å². The number of carbonyl (C=O) groups excluding carboxylic acids is 2. The first kappa shape index (κ1) is 17.0. The van der Waals surface area contributed by atoms with Gasteiger partial charge < -0.3 is 19.7 Å². The number of hydrogen-bond donors (Lipinski definition) is 2. The van der Waals surface area contributed by atoms with Crippen molar-refractivity contribution in [1.82, 2.24) is 0 Å². The molecule has 130 valence electrons. The van der Waals surface area contributed by atoms with Gasteiger partial charge in [0, 0.05) is 12.1 Å². The smallest absolute Gasteiger partial charge is 0.365 e. The number of ether oxygens (including phenoxy) is 2. The lowest BCUT2D eigenvalue weighted by Gasteiger charge is -2.40. The molecule has 24 heavy (non-hydrogen) atoms. The summed E-state index contributed by atoms with van der Waals surface area (Å²) < 4.78 is 10.4. The lowest BCUT2D eigenvalue weighted by molar-refractivity contribution is -0.951. The van der Waals surface area contributed by atoms with Crippen molar-refractivity contribution < 1.29 is 24.0 Å². The Bertz CT molecular complexity index is 637. The molecule has 1 unspecified atom stereocenters. The Morgan fingerprint density at radius 1 is 1.46 bits per heavy atom. The summed E-state index contributed by atoms with van der Waals surface area (Å²) in [4.78, 5) is 25.7. The van der Waals surface area contributed by atoms with Gasteiger partial charge in [-0.25, -0.2) is 4.79 Å². The van der Waals surface area contributed by atoms with Gasteiger partial charge in [-0.2, -0.15) is 0 Å². The van der Waals surface area contributed by atoms with E-state index >= 15 is 0 Å². The third-order valence-electron chi connectivity index (χ3n) is 4.78. The Kier molecular flexibility index (Phi) is 5.26. The van der Waals surface area contributed by atoms with Gasteiger partial charge in [-0.3, -0.25) is 4.79 Å². The first-order valence-corrected chi connectivity index (χ1v) is 8.62. The van der Waals surface area contributed by atoms with Gasteiger partial charge in [-0.1, -0.05) is 11.6 Å². The van der Waals surface area contributed by atoms with Crippen LogP contribution in [0.5, 0.6) is 5.75 Å². The van der Waals surface area contributed by atoms with Gasteiger partial charge in [0.05, 0.1) is 25.1 Å². The number of cyclic esters (lactones) is 1. The standard InChI is InChI=1S/C17H21ClN2O4/c1-23-15-6-5-11(8-13(15)18)19-16(21)9-14-17(22)24-10-12-4-2-3-7-20(12)14/h5-6,8,12,14H,2-4,7,9-10H2,1H3,(H,19,21)/p+1/t12-,14-/m1/s1. The summed E-state index contributed by atoms with van der Waals surface area (Å²) in [5.41, 5.74) is 0.583. The van der Waals surface area contributed by atoms with Crippen LogP contribution in [0.4, 0.5) is 5.69 Å². The topological polar surface area (TPSA) is 69.1 Å². The van der Waals surface area contributed by atoms with Crippen LogP contribution in [0.2, 0.25) is 5.02 Å². The number of piperidine rings is 1. The summed E-state index contributed by atoms with van der Waals surface area (Å²) in [5, 5.41) is 3.22. The number of nitrogens with one attached hydrogen (secondary N) is 2. The fourth-order valence-electron chi connectivity index (χ4n) is 3.55. The van der Waals surface area contributed by atoms with E-state index in [1.165, 1.54) is 12.0 Å². The van der Waals surface area contributed by atoms with Gasteiger partial charge in [0.1, 0.15) is 18.4 Å². The van der Waals surface area contributed by atoms with Crippen LogP contribution in [0.25, 0.3) is 0 Å². The first-order valence-electron chi connectivity index (χ1n) is 8.24. The van der Waals surface area contributed by atoms with E-state index in [9.17, 15) is 9.59 Å². The molecule has 2 saturated heterocycles. The molecule has 1 aromatic carbocycles. The molecule has 6 nitrogen and oxygen atoms in total. The quantitative estimate of drug-likeness (QED) is 0.794. The van der Waals surface area contributed by atoms with Crippen LogP contribution in [-0.2, 0) is 14.3 Å². The minimum Gasteiger partial charge on any atom is -0.495 e. The Morgan fingerprint density at radius 3 is 3.04 bits per heavy atom. The fourth-order valence-corrected chi connectivity index (χ4v) is 3.81. The number of halogens is 1. The largest absolute Gasteiger partial charge is 0.495 e. The van der Waals surface area contributed by atoms with Crippen LogP contribution in [0.1, 0.15) is 25.7 Å². The minimum absolute atomic E-state index is 0.119. The van der Waals surface area contributed by atoms with E-state index in [0.717, 1.165) is 25.8 Å². The predicted molar refractivity (Wildman–Crippen MR) is 89.5 cm³/mol. The van der Waals surface area contributed by atoms with Crippen molar-refractivity contribution >= 4 is 29.2 Å². The zero-order valence-corrected chi connectivity index (χ0v) is 14.4. The molecule has 2 aliphatic heterocycles. The number of methoxy groups -OCH3 is 1. The number of fused-ring (bicyclic) bond motifs is 1. The maximum absolute atomic E-state index is 12.4. The zero-order chi connectivity index (χ0) is 17.1. The van der Waals surface area contributed by atoms with Crippen LogP contribution in [0.3, 0.4) is 0 Å². The molecule has 1 amide bonds. The van der Waals surface area contributed by atoms with E-state index in [-0.39, 0.29) is 18.3 Å². The summed E-state index contributed by atoms with van der Waals surface area (Å²) in [7, 11) is 1.53.